The standard InChI is InChI=1S/C65H62BN3O/c1-8-10-20-42-28-31-56-49(35-42)51-36-43(21-11-9-2)37-55-61(51)68(56)62-60-50(39-52-48-26-18-19-27-59(48)70-63(52)62)47-30-29-46(67(44-22-14-12-15-23-44)45-24-16-13-17-25-45)38-58(47)69(66(55)60)57-40-54-53(34-41(57)3)64(4,5)32-33-65(54,6)7/h12-19,22-31,34-40H,8-11,20-21,32-33H2,1-7H3. The van der Waals surface area contributed by atoms with Gasteiger partial charge in [-0.2, -0.15) is 0 Å². The molecule has 4 heterocycles. The number of fused-ring (bicyclic) bond motifs is 12. The van der Waals surface area contributed by atoms with E-state index >= 15 is 0 Å². The van der Waals surface area contributed by atoms with Crippen molar-refractivity contribution in [3.8, 4) is 16.8 Å². The van der Waals surface area contributed by atoms with Gasteiger partial charge in [-0.25, -0.2) is 0 Å². The number of aromatic nitrogens is 1. The maximum atomic E-state index is 7.22. The first-order chi connectivity index (χ1) is 34.0. The zero-order chi connectivity index (χ0) is 47.6. The molecule has 0 radical (unpaired) electrons. The fourth-order valence-corrected chi connectivity index (χ4v) is 12.9. The molecule has 0 saturated carbocycles. The summed E-state index contributed by atoms with van der Waals surface area (Å²) < 4.78 is 9.85. The lowest BCUT2D eigenvalue weighted by Gasteiger charge is -2.46. The Bertz CT molecular complexity index is 3690. The van der Waals surface area contributed by atoms with E-state index in [1.165, 1.54) is 108 Å². The highest BCUT2D eigenvalue weighted by molar-refractivity contribution is 6.94. The van der Waals surface area contributed by atoms with Crippen molar-refractivity contribution in [1.82, 2.24) is 4.57 Å². The lowest BCUT2D eigenvalue weighted by molar-refractivity contribution is 0.332. The molecule has 13 rings (SSSR count). The predicted molar refractivity (Wildman–Crippen MR) is 299 cm³/mol. The average molecular weight is 912 g/mol. The van der Waals surface area contributed by atoms with Gasteiger partial charge in [-0.3, -0.25) is 0 Å². The van der Waals surface area contributed by atoms with Crippen molar-refractivity contribution in [3.63, 3.8) is 0 Å². The van der Waals surface area contributed by atoms with E-state index in [2.05, 4.69) is 214 Å². The van der Waals surface area contributed by atoms with Gasteiger partial charge in [0.2, 0.25) is 0 Å². The highest BCUT2D eigenvalue weighted by atomic mass is 16.3. The molecule has 2 aliphatic heterocycles. The van der Waals surface area contributed by atoms with Crippen molar-refractivity contribution in [3.05, 3.63) is 179 Å². The van der Waals surface area contributed by atoms with Crippen LogP contribution in [0.1, 0.15) is 108 Å². The van der Waals surface area contributed by atoms with Crippen molar-refractivity contribution < 1.29 is 4.42 Å². The molecule has 70 heavy (non-hydrogen) atoms. The molecular weight excluding hydrogens is 850 g/mol. The zero-order valence-corrected chi connectivity index (χ0v) is 41.9. The minimum absolute atomic E-state index is 0.0243. The molecule has 0 bridgehead atoms. The Morgan fingerprint density at radius 1 is 0.571 bits per heavy atom. The van der Waals surface area contributed by atoms with Crippen LogP contribution in [0.25, 0.3) is 60.6 Å². The summed E-state index contributed by atoms with van der Waals surface area (Å²) in [7, 11) is 0. The fraction of sp³-hybridized carbons (Fsp3) is 0.262. The van der Waals surface area contributed by atoms with E-state index < -0.39 is 0 Å². The van der Waals surface area contributed by atoms with E-state index in [4.69, 9.17) is 4.42 Å². The SMILES string of the molecule is CCCCc1ccc2c(c1)c1cc(CCCC)cc3c1n2-c1c2c(cc4c1oc1ccccc14)-c1ccc(N(c4ccccc4)c4ccccc4)cc1N(c1cc4c(cc1C)C(C)(C)CCC4(C)C)B23. The molecule has 0 atom stereocenters. The Morgan fingerprint density at radius 2 is 1.23 bits per heavy atom. The molecule has 0 fully saturated rings. The van der Waals surface area contributed by atoms with Gasteiger partial charge in [0.15, 0.2) is 5.58 Å². The van der Waals surface area contributed by atoms with Gasteiger partial charge in [0, 0.05) is 55.5 Å². The molecule has 0 N–H and O–H groups in total. The highest BCUT2D eigenvalue weighted by Gasteiger charge is 2.47. The van der Waals surface area contributed by atoms with Crippen molar-refractivity contribution >= 4 is 90.0 Å². The third-order valence-corrected chi connectivity index (χ3v) is 16.6. The minimum atomic E-state index is -0.149. The van der Waals surface area contributed by atoms with E-state index in [0.717, 1.165) is 71.1 Å². The van der Waals surface area contributed by atoms with E-state index in [1.54, 1.807) is 0 Å². The van der Waals surface area contributed by atoms with Gasteiger partial charge >= 0.3 is 6.85 Å². The van der Waals surface area contributed by atoms with Gasteiger partial charge in [-0.1, -0.05) is 133 Å². The third-order valence-electron chi connectivity index (χ3n) is 16.6. The number of anilines is 5. The number of unbranched alkanes of at least 4 members (excludes halogenated alkanes) is 2. The summed E-state index contributed by atoms with van der Waals surface area (Å²) in [5.74, 6) is 0. The van der Waals surface area contributed by atoms with Crippen LogP contribution in [0.4, 0.5) is 28.4 Å². The maximum absolute atomic E-state index is 7.22. The van der Waals surface area contributed by atoms with Gasteiger partial charge in [0.05, 0.1) is 16.7 Å². The second-order valence-electron chi connectivity index (χ2n) is 22.1. The van der Waals surface area contributed by atoms with Gasteiger partial charge in [-0.05, 0) is 173 Å². The number of hydrogen-bond acceptors (Lipinski definition) is 3. The van der Waals surface area contributed by atoms with E-state index in [0.29, 0.717) is 0 Å². The number of hydrogen-bond donors (Lipinski definition) is 0. The minimum Gasteiger partial charge on any atom is -0.454 e. The largest absolute Gasteiger partial charge is 0.454 e. The van der Waals surface area contributed by atoms with Crippen LogP contribution in [0.5, 0.6) is 0 Å². The molecule has 0 spiro atoms. The number of benzene rings is 8. The van der Waals surface area contributed by atoms with Gasteiger partial charge < -0.3 is 18.7 Å². The van der Waals surface area contributed by atoms with E-state index in [9.17, 15) is 0 Å². The summed E-state index contributed by atoms with van der Waals surface area (Å²) in [5, 5.41) is 5.00. The monoisotopic (exact) mass is 911 g/mol. The smallest absolute Gasteiger partial charge is 0.333 e. The molecule has 8 aromatic carbocycles. The summed E-state index contributed by atoms with van der Waals surface area (Å²) in [6.45, 7) is 16.7. The first-order valence-electron chi connectivity index (χ1n) is 26.1. The maximum Gasteiger partial charge on any atom is 0.333 e. The molecule has 10 aromatic rings. The molecule has 3 aliphatic rings. The van der Waals surface area contributed by atoms with Gasteiger partial charge in [0.1, 0.15) is 5.58 Å². The summed E-state index contributed by atoms with van der Waals surface area (Å²) in [5.41, 5.74) is 23.9. The Hall–Kier alpha value is -6.98. The number of nitrogens with zero attached hydrogens (tertiary/aromatic N) is 3. The third kappa shape index (κ3) is 6.42. The van der Waals surface area contributed by atoms with Crippen LogP contribution in [-0.2, 0) is 23.7 Å². The number of aryl methyl sites for hydroxylation is 3. The molecular formula is C65H62BN3O. The molecule has 2 aromatic heterocycles. The summed E-state index contributed by atoms with van der Waals surface area (Å²) in [6, 6.07) is 57.9. The van der Waals surface area contributed by atoms with E-state index in [-0.39, 0.29) is 17.7 Å². The van der Waals surface area contributed by atoms with Crippen LogP contribution < -0.4 is 20.6 Å². The molecule has 5 heteroatoms. The second-order valence-corrected chi connectivity index (χ2v) is 22.1. The van der Waals surface area contributed by atoms with Crippen LogP contribution in [0.2, 0.25) is 0 Å². The Labute approximate surface area is 413 Å². The molecule has 1 aliphatic carbocycles. The molecule has 0 saturated heterocycles. The Balaban J connectivity index is 1.20. The summed E-state index contributed by atoms with van der Waals surface area (Å²) >= 11 is 0. The van der Waals surface area contributed by atoms with Crippen molar-refractivity contribution in [1.29, 1.82) is 0 Å². The predicted octanol–water partition coefficient (Wildman–Crippen LogP) is 16.7. The lowest BCUT2D eigenvalue weighted by Crippen LogP contribution is -2.61. The van der Waals surface area contributed by atoms with Crippen LogP contribution in [0.15, 0.2) is 156 Å². The van der Waals surface area contributed by atoms with Crippen molar-refractivity contribution in [2.24, 2.45) is 0 Å². The zero-order valence-electron chi connectivity index (χ0n) is 41.9. The quantitative estimate of drug-likeness (QED) is 0.128. The van der Waals surface area contributed by atoms with Crippen molar-refractivity contribution in [2.45, 2.75) is 111 Å². The van der Waals surface area contributed by atoms with Gasteiger partial charge in [0.25, 0.3) is 0 Å². The van der Waals surface area contributed by atoms with Crippen LogP contribution >= 0.6 is 0 Å². The topological polar surface area (TPSA) is 24.6 Å². The first-order valence-corrected chi connectivity index (χ1v) is 26.1. The Kier molecular flexibility index (Phi) is 9.87. The number of furan rings is 1. The van der Waals surface area contributed by atoms with Crippen molar-refractivity contribution in [2.75, 3.05) is 9.71 Å². The van der Waals surface area contributed by atoms with Crippen LogP contribution in [0, 0.1) is 6.92 Å². The van der Waals surface area contributed by atoms with Crippen LogP contribution in [0.3, 0.4) is 0 Å². The Morgan fingerprint density at radius 3 is 1.94 bits per heavy atom. The molecule has 4 nitrogen and oxygen atoms in total. The number of rotatable bonds is 10. The first kappa shape index (κ1) is 43.1. The summed E-state index contributed by atoms with van der Waals surface area (Å²) in [4.78, 5) is 5.21. The normalized spacial score (nSPS) is 15.2. The number of para-hydroxylation sites is 3. The molecule has 0 unspecified atom stereocenters. The second kappa shape index (κ2) is 16.0. The molecule has 0 amide bonds. The van der Waals surface area contributed by atoms with Crippen LogP contribution in [-0.4, -0.2) is 11.4 Å². The lowest BCUT2D eigenvalue weighted by atomic mass is 9.43. The van der Waals surface area contributed by atoms with Gasteiger partial charge in [-0.15, -0.1) is 0 Å². The highest BCUT2D eigenvalue weighted by Crippen LogP contribution is 2.53. The average Bonchev–Trinajstić information content (AvgIpc) is 3.91. The van der Waals surface area contributed by atoms with E-state index in [1.807, 2.05) is 0 Å². The fourth-order valence-electron chi connectivity index (χ4n) is 12.9. The molecule has 346 valence electrons. The summed E-state index contributed by atoms with van der Waals surface area (Å²) in [6.07, 6.45) is 9.11.